The molecule has 0 aliphatic rings. The number of nitrogens with zero attached hydrogens (tertiary/aromatic N) is 1. The molecule has 0 radical (unpaired) electrons. The zero-order valence-electron chi connectivity index (χ0n) is 13.0. The molecule has 0 aliphatic carbocycles. The lowest BCUT2D eigenvalue weighted by molar-refractivity contribution is -0.384. The number of aromatic amines is 1. The highest BCUT2D eigenvalue weighted by molar-refractivity contribution is 5.96. The average Bonchev–Trinajstić information content (AvgIpc) is 3.11. The van der Waals surface area contributed by atoms with Crippen molar-refractivity contribution in [1.29, 1.82) is 0 Å². The monoisotopic (exact) mass is 371 g/mol. The number of ketones is 1. The number of carbonyl (C=O) groups excluding carboxylic acids is 2. The van der Waals surface area contributed by atoms with E-state index in [4.69, 9.17) is 4.74 Å². The van der Waals surface area contributed by atoms with E-state index in [-0.39, 0.29) is 11.4 Å². The highest BCUT2D eigenvalue weighted by atomic mass is 19.4. The van der Waals surface area contributed by atoms with E-state index >= 15 is 0 Å². The normalized spacial score (nSPS) is 11.0. The van der Waals surface area contributed by atoms with Crippen LogP contribution < -0.4 is 5.32 Å². The van der Waals surface area contributed by atoms with E-state index in [1.165, 1.54) is 12.3 Å². The molecule has 2 aromatic rings. The number of alkyl halides is 3. The molecule has 0 saturated carbocycles. The van der Waals surface area contributed by atoms with Gasteiger partial charge in [0.05, 0.1) is 16.2 Å². The second-order valence-electron chi connectivity index (χ2n) is 5.01. The van der Waals surface area contributed by atoms with E-state index in [1.807, 2.05) is 0 Å². The fourth-order valence-corrected chi connectivity index (χ4v) is 1.95. The summed E-state index contributed by atoms with van der Waals surface area (Å²) in [6.07, 6.45) is -3.22. The second-order valence-corrected chi connectivity index (χ2v) is 5.01. The van der Waals surface area contributed by atoms with E-state index in [9.17, 15) is 32.9 Å². The number of ether oxygens (including phenoxy) is 1. The summed E-state index contributed by atoms with van der Waals surface area (Å²) in [6, 6.07) is 4.93. The molecule has 0 aliphatic heterocycles. The molecule has 8 nitrogen and oxygen atoms in total. The van der Waals surface area contributed by atoms with Gasteiger partial charge in [-0.25, -0.2) is 0 Å². The summed E-state index contributed by atoms with van der Waals surface area (Å²) in [4.78, 5) is 35.8. The molecule has 0 amide bonds. The molecule has 0 spiro atoms. The first-order valence-corrected chi connectivity index (χ1v) is 7.10. The number of carbonyl (C=O) groups is 2. The van der Waals surface area contributed by atoms with Gasteiger partial charge in [-0.2, -0.15) is 13.2 Å². The summed E-state index contributed by atoms with van der Waals surface area (Å²) in [7, 11) is 0. The lowest BCUT2D eigenvalue weighted by Crippen LogP contribution is -2.21. The van der Waals surface area contributed by atoms with Crippen LogP contribution in [0, 0.1) is 10.1 Å². The molecular formula is C15H12F3N3O5. The summed E-state index contributed by atoms with van der Waals surface area (Å²) in [6.45, 7) is -1.11. The summed E-state index contributed by atoms with van der Waals surface area (Å²) in [5, 5.41) is 13.3. The van der Waals surface area contributed by atoms with E-state index in [0.29, 0.717) is 12.1 Å². The topological polar surface area (TPSA) is 114 Å². The molecule has 0 atom stereocenters. The number of halogens is 3. The number of nitro benzene ring substituents is 1. The number of anilines is 1. The van der Waals surface area contributed by atoms with Gasteiger partial charge in [-0.3, -0.25) is 19.7 Å². The molecule has 26 heavy (non-hydrogen) atoms. The Morgan fingerprint density at radius 3 is 2.58 bits per heavy atom. The average molecular weight is 371 g/mol. The minimum atomic E-state index is -4.74. The molecule has 0 saturated heterocycles. The third kappa shape index (κ3) is 4.82. The van der Waals surface area contributed by atoms with Gasteiger partial charge in [0.2, 0.25) is 5.78 Å². The van der Waals surface area contributed by atoms with Crippen LogP contribution in [0.5, 0.6) is 0 Å². The number of aromatic nitrogens is 1. The van der Waals surface area contributed by atoms with Gasteiger partial charge < -0.3 is 15.0 Å². The zero-order valence-corrected chi connectivity index (χ0v) is 13.0. The van der Waals surface area contributed by atoms with Crippen molar-refractivity contribution < 1.29 is 32.4 Å². The molecule has 0 fully saturated rings. The first kappa shape index (κ1) is 19.0. The van der Waals surface area contributed by atoms with Crippen molar-refractivity contribution >= 4 is 23.1 Å². The van der Waals surface area contributed by atoms with Crippen molar-refractivity contribution in [2.24, 2.45) is 0 Å². The molecule has 2 rings (SSSR count). The maximum Gasteiger partial charge on any atom is 0.416 e. The van der Waals surface area contributed by atoms with E-state index < -0.39 is 47.3 Å². The fraction of sp³-hybridized carbons (Fsp3) is 0.200. The molecule has 138 valence electrons. The van der Waals surface area contributed by atoms with Gasteiger partial charge in [-0.05, 0) is 24.3 Å². The Bertz CT molecular complexity index is 818. The van der Waals surface area contributed by atoms with Gasteiger partial charge in [-0.15, -0.1) is 0 Å². The number of nitro groups is 1. The van der Waals surface area contributed by atoms with Gasteiger partial charge in [0.1, 0.15) is 12.2 Å². The summed E-state index contributed by atoms with van der Waals surface area (Å²) in [5.74, 6) is -1.39. The van der Waals surface area contributed by atoms with Crippen molar-refractivity contribution in [3.63, 3.8) is 0 Å². The van der Waals surface area contributed by atoms with Crippen LogP contribution in [0.1, 0.15) is 16.1 Å². The van der Waals surface area contributed by atoms with Crippen molar-refractivity contribution in [2.75, 3.05) is 18.5 Å². The minimum Gasteiger partial charge on any atom is -0.456 e. The number of hydrogen-bond donors (Lipinski definition) is 2. The van der Waals surface area contributed by atoms with Gasteiger partial charge in [-0.1, -0.05) is 0 Å². The van der Waals surface area contributed by atoms with Gasteiger partial charge in [0.15, 0.2) is 6.61 Å². The van der Waals surface area contributed by atoms with Gasteiger partial charge in [0, 0.05) is 12.3 Å². The first-order chi connectivity index (χ1) is 12.2. The summed E-state index contributed by atoms with van der Waals surface area (Å²) in [5.41, 5.74) is -2.07. The number of rotatable bonds is 7. The highest BCUT2D eigenvalue weighted by Gasteiger charge is 2.33. The van der Waals surface area contributed by atoms with Crippen LogP contribution in [0.4, 0.5) is 24.5 Å². The third-order valence-corrected chi connectivity index (χ3v) is 3.21. The Morgan fingerprint density at radius 2 is 2.00 bits per heavy atom. The van der Waals surface area contributed by atoms with E-state index in [2.05, 4.69) is 10.3 Å². The Labute approximate surface area is 144 Å². The standard InChI is InChI=1S/C15H12F3N3O5/c16-15(17,18)9-3-4-10(12(6-9)21(24)25)20-7-14(23)26-8-13(22)11-2-1-5-19-11/h1-6,19-20H,7-8H2. The number of hydrogen-bond acceptors (Lipinski definition) is 6. The maximum absolute atomic E-state index is 12.6. The predicted molar refractivity (Wildman–Crippen MR) is 82.7 cm³/mol. The fourth-order valence-electron chi connectivity index (χ4n) is 1.95. The predicted octanol–water partition coefficient (Wildman–Crippen LogP) is 2.78. The van der Waals surface area contributed by atoms with Crippen molar-refractivity contribution in [3.05, 3.63) is 57.9 Å². The highest BCUT2D eigenvalue weighted by Crippen LogP contribution is 2.34. The zero-order chi connectivity index (χ0) is 19.3. The summed E-state index contributed by atoms with van der Waals surface area (Å²) < 4.78 is 42.6. The van der Waals surface area contributed by atoms with Crippen LogP contribution in [-0.2, 0) is 15.7 Å². The van der Waals surface area contributed by atoms with Crippen LogP contribution in [0.25, 0.3) is 0 Å². The second kappa shape index (κ2) is 7.68. The molecule has 1 aromatic heterocycles. The van der Waals surface area contributed by atoms with Crippen LogP contribution in [0.3, 0.4) is 0 Å². The van der Waals surface area contributed by atoms with Crippen LogP contribution in [0.2, 0.25) is 0 Å². The van der Waals surface area contributed by atoms with Crippen LogP contribution in [0.15, 0.2) is 36.5 Å². The SMILES string of the molecule is O=C(CNc1ccc(C(F)(F)F)cc1[N+](=O)[O-])OCC(=O)c1ccc[nH]1. The number of Topliss-reactive ketones (excluding diaryl/α,β-unsaturated/α-hetero) is 1. The number of nitrogens with one attached hydrogen (secondary N) is 2. The molecule has 1 heterocycles. The molecule has 2 N–H and O–H groups in total. The Balaban J connectivity index is 1.96. The Kier molecular flexibility index (Phi) is 5.60. The molecule has 11 heteroatoms. The Hall–Kier alpha value is -3.37. The maximum atomic E-state index is 12.6. The molecular weight excluding hydrogens is 359 g/mol. The largest absolute Gasteiger partial charge is 0.456 e. The van der Waals surface area contributed by atoms with Crippen LogP contribution >= 0.6 is 0 Å². The van der Waals surface area contributed by atoms with E-state index in [0.717, 1.165) is 6.07 Å². The van der Waals surface area contributed by atoms with Crippen LogP contribution in [-0.4, -0.2) is 34.8 Å². The van der Waals surface area contributed by atoms with Crippen molar-refractivity contribution in [3.8, 4) is 0 Å². The van der Waals surface area contributed by atoms with Crippen molar-refractivity contribution in [2.45, 2.75) is 6.18 Å². The first-order valence-electron chi connectivity index (χ1n) is 7.10. The quantitative estimate of drug-likeness (QED) is 0.335. The lowest BCUT2D eigenvalue weighted by Gasteiger charge is -2.10. The van der Waals surface area contributed by atoms with E-state index in [1.54, 1.807) is 6.07 Å². The Morgan fingerprint density at radius 1 is 1.27 bits per heavy atom. The van der Waals surface area contributed by atoms with Gasteiger partial charge >= 0.3 is 12.1 Å². The minimum absolute atomic E-state index is 0.240. The third-order valence-electron chi connectivity index (χ3n) is 3.21. The molecule has 0 unspecified atom stereocenters. The number of H-pyrrole nitrogens is 1. The summed E-state index contributed by atoms with van der Waals surface area (Å²) >= 11 is 0. The molecule has 1 aromatic carbocycles. The number of benzene rings is 1. The van der Waals surface area contributed by atoms with Gasteiger partial charge in [0.25, 0.3) is 5.69 Å². The number of esters is 1. The molecule has 0 bridgehead atoms. The smallest absolute Gasteiger partial charge is 0.416 e. The van der Waals surface area contributed by atoms with Crippen molar-refractivity contribution in [1.82, 2.24) is 4.98 Å². The lowest BCUT2D eigenvalue weighted by atomic mass is 10.1.